The van der Waals surface area contributed by atoms with E-state index in [0.29, 0.717) is 35.3 Å². The molecule has 0 radical (unpaired) electrons. The van der Waals surface area contributed by atoms with Gasteiger partial charge >= 0.3 is 23.9 Å². The van der Waals surface area contributed by atoms with Crippen LogP contribution in [-0.2, 0) is 42.4 Å². The zero-order valence-corrected chi connectivity index (χ0v) is 34.3. The highest BCUT2D eigenvalue weighted by molar-refractivity contribution is 5.75. The number of benzene rings is 4. The molecule has 4 rings (SSSR count). The zero-order valence-electron chi connectivity index (χ0n) is 34.3. The molecule has 0 aliphatic carbocycles. The number of allylic oxidation sites excluding steroid dienone is 3. The van der Waals surface area contributed by atoms with Gasteiger partial charge in [0.05, 0.1) is 13.0 Å². The van der Waals surface area contributed by atoms with Crippen LogP contribution in [0.2, 0.25) is 0 Å². The smallest absolute Gasteiger partial charge is 0.308 e. The topological polar surface area (TPSA) is 146 Å². The Balaban J connectivity index is 2.39. The van der Waals surface area contributed by atoms with Crippen LogP contribution in [0.4, 0.5) is 0 Å². The lowest BCUT2D eigenvalue weighted by Crippen LogP contribution is -2.46. The number of aliphatic hydroxyl groups excluding tert-OH is 1. The molecule has 4 aromatic rings. The summed E-state index contributed by atoms with van der Waals surface area (Å²) in [7, 11) is 0. The molecule has 0 spiro atoms. The Labute approximate surface area is 341 Å². The van der Waals surface area contributed by atoms with Gasteiger partial charge in [-0.15, -0.1) is 0 Å². The maximum absolute atomic E-state index is 12.9. The van der Waals surface area contributed by atoms with Gasteiger partial charge in [-0.25, -0.2) is 0 Å². The van der Waals surface area contributed by atoms with Gasteiger partial charge in [0.25, 0.3) is 0 Å². The number of hydrogen-bond acceptors (Lipinski definition) is 9. The summed E-state index contributed by atoms with van der Waals surface area (Å²) < 4.78 is 23.7. The number of ether oxygens (including phenoxy) is 4. The molecule has 0 amide bonds. The number of esters is 3. The molecule has 0 fully saturated rings. The van der Waals surface area contributed by atoms with Crippen LogP contribution in [0.25, 0.3) is 0 Å². The van der Waals surface area contributed by atoms with Gasteiger partial charge in [0, 0.05) is 60.1 Å². The molecule has 0 saturated heterocycles. The molecule has 0 heterocycles. The Kier molecular flexibility index (Phi) is 15.5. The van der Waals surface area contributed by atoms with Crippen molar-refractivity contribution >= 4 is 23.9 Å². The van der Waals surface area contributed by atoms with Crippen LogP contribution in [0.5, 0.6) is 17.2 Å². The van der Waals surface area contributed by atoms with E-state index in [9.17, 15) is 29.4 Å². The predicted octanol–water partition coefficient (Wildman–Crippen LogP) is 9.37. The minimum absolute atomic E-state index is 0.0314. The highest BCUT2D eigenvalue weighted by Crippen LogP contribution is 2.63. The third-order valence-corrected chi connectivity index (χ3v) is 10.7. The van der Waals surface area contributed by atoms with Gasteiger partial charge in [-0.1, -0.05) is 118 Å². The van der Waals surface area contributed by atoms with Gasteiger partial charge in [0.2, 0.25) is 0 Å². The van der Waals surface area contributed by atoms with Crippen LogP contribution in [0.1, 0.15) is 107 Å². The van der Waals surface area contributed by atoms with Crippen molar-refractivity contribution in [2.24, 2.45) is 5.41 Å². The SMILES string of the molecule is C=C/C=C\C(C)(C(c1ccccc1OC(C)=O)c1c(CC(=O)O)cccc1OC(C)=O)C(c1ccccc1COC(C)O)C(CC)(CC)c1ccccc1OC(C)=O. The Morgan fingerprint density at radius 2 is 1.24 bits per heavy atom. The van der Waals surface area contributed by atoms with Crippen molar-refractivity contribution in [1.82, 2.24) is 0 Å². The molecule has 4 aromatic carbocycles. The van der Waals surface area contributed by atoms with Gasteiger partial charge in [-0.3, -0.25) is 19.2 Å². The fourth-order valence-electron chi connectivity index (χ4n) is 8.58. The van der Waals surface area contributed by atoms with Crippen molar-refractivity contribution in [3.63, 3.8) is 0 Å². The second-order valence-electron chi connectivity index (χ2n) is 14.5. The summed E-state index contributed by atoms with van der Waals surface area (Å²) in [5, 5.41) is 20.7. The van der Waals surface area contributed by atoms with Gasteiger partial charge in [0.15, 0.2) is 6.29 Å². The van der Waals surface area contributed by atoms with Crippen molar-refractivity contribution in [1.29, 1.82) is 0 Å². The predicted molar refractivity (Wildman–Crippen MR) is 222 cm³/mol. The molecule has 0 bridgehead atoms. The van der Waals surface area contributed by atoms with Crippen LogP contribution in [0, 0.1) is 5.41 Å². The number of carbonyl (C=O) groups excluding carboxylic acids is 3. The molecule has 58 heavy (non-hydrogen) atoms. The summed E-state index contributed by atoms with van der Waals surface area (Å²) >= 11 is 0. The normalized spacial score (nSPS) is 14.1. The van der Waals surface area contributed by atoms with Crippen LogP contribution in [0.15, 0.2) is 116 Å². The van der Waals surface area contributed by atoms with Crippen molar-refractivity contribution in [3.05, 3.63) is 149 Å². The first-order chi connectivity index (χ1) is 27.6. The van der Waals surface area contributed by atoms with Crippen molar-refractivity contribution < 1.29 is 48.3 Å². The standard InChI is InChI=1S/C48H54O10/c1-9-12-28-47(8,45(38-23-15-17-25-40(38)56-32(5)50)44-35(29-43(53)54)21-19-27-42(44)58-34(7)52)46(37-22-14-13-20-36(37)30-55-31(4)49)48(10-2,11-3)39-24-16-18-26-41(39)57-33(6)51/h9,12-28,31,45-46,49H,1,10-11,29-30H2,2-8H3,(H,53,54)/b28-12-. The van der Waals surface area contributed by atoms with E-state index in [2.05, 4.69) is 20.4 Å². The number of para-hydroxylation sites is 2. The molecule has 0 aromatic heterocycles. The van der Waals surface area contributed by atoms with Gasteiger partial charge in [-0.2, -0.15) is 0 Å². The number of hydrogen-bond donors (Lipinski definition) is 2. The van der Waals surface area contributed by atoms with Gasteiger partial charge < -0.3 is 29.2 Å². The molecule has 10 heteroatoms. The molecule has 0 aliphatic rings. The first-order valence-corrected chi connectivity index (χ1v) is 19.4. The molecule has 4 unspecified atom stereocenters. The summed E-state index contributed by atoms with van der Waals surface area (Å²) in [6.45, 7) is 15.7. The van der Waals surface area contributed by atoms with E-state index in [1.165, 1.54) is 27.7 Å². The van der Waals surface area contributed by atoms with E-state index < -0.39 is 59.3 Å². The number of aliphatic carboxylic acids is 1. The Hall–Kier alpha value is -5.84. The first kappa shape index (κ1) is 44.9. The fraction of sp³-hybridized carbons (Fsp3) is 0.333. The first-order valence-electron chi connectivity index (χ1n) is 19.4. The Bertz CT molecular complexity index is 2090. The van der Waals surface area contributed by atoms with E-state index in [4.69, 9.17) is 18.9 Å². The quantitative estimate of drug-likeness (QED) is 0.0408. The summed E-state index contributed by atoms with van der Waals surface area (Å²) in [5.74, 6) is -3.61. The lowest BCUT2D eigenvalue weighted by molar-refractivity contribution is -0.136. The summed E-state index contributed by atoms with van der Waals surface area (Å²) in [4.78, 5) is 51.0. The van der Waals surface area contributed by atoms with Crippen LogP contribution >= 0.6 is 0 Å². The minimum Gasteiger partial charge on any atom is -0.481 e. The lowest BCUT2D eigenvalue weighted by Gasteiger charge is -2.53. The van der Waals surface area contributed by atoms with E-state index in [1.807, 2.05) is 61.5 Å². The summed E-state index contributed by atoms with van der Waals surface area (Å²) in [5.41, 5.74) is 1.51. The number of aliphatic hydroxyl groups is 1. The number of rotatable bonds is 19. The van der Waals surface area contributed by atoms with Crippen molar-refractivity contribution in [3.8, 4) is 17.2 Å². The van der Waals surface area contributed by atoms with E-state index in [1.54, 1.807) is 54.6 Å². The van der Waals surface area contributed by atoms with Gasteiger partial charge in [-0.05, 0) is 54.7 Å². The third-order valence-electron chi connectivity index (χ3n) is 10.7. The second kappa shape index (κ2) is 20.0. The monoisotopic (exact) mass is 790 g/mol. The average Bonchev–Trinajstić information content (AvgIpc) is 3.16. The largest absolute Gasteiger partial charge is 0.481 e. The van der Waals surface area contributed by atoms with Gasteiger partial charge in [0.1, 0.15) is 17.2 Å². The Morgan fingerprint density at radius 3 is 1.83 bits per heavy atom. The van der Waals surface area contributed by atoms with E-state index in [0.717, 1.165) is 16.7 Å². The molecule has 306 valence electrons. The fourth-order valence-corrected chi connectivity index (χ4v) is 8.58. The highest BCUT2D eigenvalue weighted by Gasteiger charge is 2.54. The third kappa shape index (κ3) is 10.2. The van der Waals surface area contributed by atoms with E-state index >= 15 is 0 Å². The van der Waals surface area contributed by atoms with Crippen LogP contribution < -0.4 is 14.2 Å². The average molecular weight is 791 g/mol. The minimum atomic E-state index is -1.20. The van der Waals surface area contributed by atoms with E-state index in [-0.39, 0.29) is 18.1 Å². The molecular weight excluding hydrogens is 737 g/mol. The van der Waals surface area contributed by atoms with Crippen LogP contribution in [0.3, 0.4) is 0 Å². The zero-order chi connectivity index (χ0) is 42.6. The summed E-state index contributed by atoms with van der Waals surface area (Å²) in [6, 6.07) is 27.2. The lowest BCUT2D eigenvalue weighted by atomic mass is 9.49. The molecule has 10 nitrogen and oxygen atoms in total. The maximum atomic E-state index is 12.9. The number of carboxylic acids is 1. The van der Waals surface area contributed by atoms with Crippen LogP contribution in [-0.4, -0.2) is 40.4 Å². The highest BCUT2D eigenvalue weighted by atomic mass is 16.6. The van der Waals surface area contributed by atoms with Crippen molar-refractivity contribution in [2.75, 3.05) is 0 Å². The number of carboxylic acid groups (broad SMARTS) is 1. The maximum Gasteiger partial charge on any atom is 0.308 e. The second-order valence-corrected chi connectivity index (χ2v) is 14.5. The molecule has 0 aliphatic heterocycles. The van der Waals surface area contributed by atoms with Crippen molar-refractivity contribution in [2.45, 2.75) is 97.9 Å². The summed E-state index contributed by atoms with van der Waals surface area (Å²) in [6.07, 6.45) is 4.98. The Morgan fingerprint density at radius 1 is 0.724 bits per heavy atom. The number of carbonyl (C=O) groups is 4. The molecule has 0 saturated carbocycles. The molecular formula is C48H54O10. The molecule has 2 N–H and O–H groups in total. The molecule has 4 atom stereocenters.